The van der Waals surface area contributed by atoms with E-state index in [4.69, 9.17) is 9.47 Å². The van der Waals surface area contributed by atoms with Crippen molar-refractivity contribution >= 4 is 0 Å². The molecule has 2 atom stereocenters. The fourth-order valence-corrected chi connectivity index (χ4v) is 2.63. The predicted octanol–water partition coefficient (Wildman–Crippen LogP) is 2.74. The minimum absolute atomic E-state index is 0.365. The molecule has 0 saturated heterocycles. The van der Waals surface area contributed by atoms with Crippen molar-refractivity contribution in [3.8, 4) is 5.75 Å². The molecule has 1 aliphatic carbocycles. The van der Waals surface area contributed by atoms with Gasteiger partial charge in [-0.25, -0.2) is 0 Å². The molecule has 2 unspecified atom stereocenters. The zero-order valence-corrected chi connectivity index (χ0v) is 11.3. The molecule has 0 radical (unpaired) electrons. The summed E-state index contributed by atoms with van der Waals surface area (Å²) < 4.78 is 11.1. The van der Waals surface area contributed by atoms with Gasteiger partial charge in [0.2, 0.25) is 0 Å². The summed E-state index contributed by atoms with van der Waals surface area (Å²) in [4.78, 5) is 0. The van der Waals surface area contributed by atoms with E-state index in [0.29, 0.717) is 18.8 Å². The zero-order valence-electron chi connectivity index (χ0n) is 11.3. The monoisotopic (exact) mass is 249 g/mol. The summed E-state index contributed by atoms with van der Waals surface area (Å²) in [6.45, 7) is 3.57. The van der Waals surface area contributed by atoms with E-state index in [-0.39, 0.29) is 0 Å². The van der Waals surface area contributed by atoms with E-state index in [1.807, 2.05) is 19.1 Å². The molecule has 0 amide bonds. The summed E-state index contributed by atoms with van der Waals surface area (Å²) in [5.74, 6) is 0.986. The molecule has 100 valence electrons. The van der Waals surface area contributed by atoms with Gasteiger partial charge in [-0.3, -0.25) is 0 Å². The van der Waals surface area contributed by atoms with Gasteiger partial charge in [-0.15, -0.1) is 0 Å². The lowest BCUT2D eigenvalue weighted by Gasteiger charge is -2.20. The Morgan fingerprint density at radius 3 is 2.89 bits per heavy atom. The highest BCUT2D eigenvalue weighted by atomic mass is 16.5. The first-order chi connectivity index (χ1) is 8.85. The van der Waals surface area contributed by atoms with Crippen LogP contribution in [-0.4, -0.2) is 25.9 Å². The summed E-state index contributed by atoms with van der Waals surface area (Å²) in [6, 6.07) is 8.70. The van der Waals surface area contributed by atoms with Crippen molar-refractivity contribution in [2.45, 2.75) is 44.9 Å². The third-order valence-electron chi connectivity index (χ3n) is 3.58. The molecule has 1 N–H and O–H groups in total. The van der Waals surface area contributed by atoms with Crippen molar-refractivity contribution in [2.75, 3.05) is 13.7 Å². The normalized spacial score (nSPS) is 23.2. The Labute approximate surface area is 109 Å². The van der Waals surface area contributed by atoms with E-state index in [2.05, 4.69) is 17.4 Å². The zero-order chi connectivity index (χ0) is 12.8. The number of methoxy groups -OCH3 is 1. The summed E-state index contributed by atoms with van der Waals surface area (Å²) in [6.07, 6.45) is 3.99. The van der Waals surface area contributed by atoms with Gasteiger partial charge < -0.3 is 14.8 Å². The van der Waals surface area contributed by atoms with Crippen molar-refractivity contribution in [1.82, 2.24) is 5.32 Å². The van der Waals surface area contributed by atoms with E-state index in [1.165, 1.54) is 24.8 Å². The summed E-state index contributed by atoms with van der Waals surface area (Å²) in [5.41, 5.74) is 1.22. The van der Waals surface area contributed by atoms with Crippen LogP contribution in [0.1, 0.15) is 31.7 Å². The van der Waals surface area contributed by atoms with Crippen molar-refractivity contribution in [2.24, 2.45) is 0 Å². The summed E-state index contributed by atoms with van der Waals surface area (Å²) in [7, 11) is 1.80. The van der Waals surface area contributed by atoms with Gasteiger partial charge in [0, 0.05) is 25.3 Å². The topological polar surface area (TPSA) is 30.5 Å². The van der Waals surface area contributed by atoms with Gasteiger partial charge in [-0.1, -0.05) is 18.2 Å². The highest BCUT2D eigenvalue weighted by Gasteiger charge is 2.26. The molecule has 0 aromatic heterocycles. The highest BCUT2D eigenvalue weighted by molar-refractivity contribution is 5.33. The van der Waals surface area contributed by atoms with Crippen LogP contribution < -0.4 is 10.1 Å². The SMILES string of the molecule is CCOc1ccccc1CNC1CCCC1OC. The first-order valence-electron chi connectivity index (χ1n) is 6.82. The van der Waals surface area contributed by atoms with Gasteiger partial charge in [0.15, 0.2) is 0 Å². The molecular formula is C15H23NO2. The number of ether oxygens (including phenoxy) is 2. The third kappa shape index (κ3) is 3.24. The Morgan fingerprint density at radius 2 is 2.11 bits per heavy atom. The molecule has 0 heterocycles. The molecule has 3 nitrogen and oxygen atoms in total. The van der Waals surface area contributed by atoms with Gasteiger partial charge in [-0.05, 0) is 32.3 Å². The van der Waals surface area contributed by atoms with Crippen LogP contribution in [0.25, 0.3) is 0 Å². The fourth-order valence-electron chi connectivity index (χ4n) is 2.63. The van der Waals surface area contributed by atoms with Crippen LogP contribution in [0, 0.1) is 0 Å². The molecule has 1 aromatic carbocycles. The van der Waals surface area contributed by atoms with E-state index in [0.717, 1.165) is 12.3 Å². The second-order valence-corrected chi connectivity index (χ2v) is 4.73. The van der Waals surface area contributed by atoms with Crippen LogP contribution in [0.3, 0.4) is 0 Å². The largest absolute Gasteiger partial charge is 0.494 e. The number of rotatable bonds is 6. The Balaban J connectivity index is 1.93. The molecule has 1 aromatic rings. The molecule has 1 aliphatic rings. The Morgan fingerprint density at radius 1 is 1.28 bits per heavy atom. The van der Waals surface area contributed by atoms with Gasteiger partial charge in [0.25, 0.3) is 0 Å². The van der Waals surface area contributed by atoms with Gasteiger partial charge in [-0.2, -0.15) is 0 Å². The quantitative estimate of drug-likeness (QED) is 0.841. The van der Waals surface area contributed by atoms with Gasteiger partial charge >= 0.3 is 0 Å². The second-order valence-electron chi connectivity index (χ2n) is 4.73. The lowest BCUT2D eigenvalue weighted by molar-refractivity contribution is 0.0846. The van der Waals surface area contributed by atoms with E-state index in [1.54, 1.807) is 7.11 Å². The lowest BCUT2D eigenvalue weighted by Crippen LogP contribution is -2.36. The fraction of sp³-hybridized carbons (Fsp3) is 0.600. The van der Waals surface area contributed by atoms with Crippen LogP contribution >= 0.6 is 0 Å². The molecule has 0 spiro atoms. The average Bonchev–Trinajstić information content (AvgIpc) is 2.85. The molecule has 18 heavy (non-hydrogen) atoms. The molecule has 0 aliphatic heterocycles. The first kappa shape index (κ1) is 13.4. The summed E-state index contributed by atoms with van der Waals surface area (Å²) >= 11 is 0. The van der Waals surface area contributed by atoms with Gasteiger partial charge in [0.05, 0.1) is 12.7 Å². The molecule has 2 rings (SSSR count). The standard InChI is InChI=1S/C15H23NO2/c1-3-18-14-9-5-4-7-12(14)11-16-13-8-6-10-15(13)17-2/h4-5,7,9,13,15-16H,3,6,8,10-11H2,1-2H3. The average molecular weight is 249 g/mol. The molecule has 0 bridgehead atoms. The minimum Gasteiger partial charge on any atom is -0.494 e. The van der Waals surface area contributed by atoms with E-state index in [9.17, 15) is 0 Å². The van der Waals surface area contributed by atoms with Crippen molar-refractivity contribution in [3.05, 3.63) is 29.8 Å². The number of hydrogen-bond donors (Lipinski definition) is 1. The molecule has 1 fully saturated rings. The van der Waals surface area contributed by atoms with Crippen LogP contribution in [0.4, 0.5) is 0 Å². The second kappa shape index (κ2) is 6.76. The van der Waals surface area contributed by atoms with E-state index < -0.39 is 0 Å². The maximum absolute atomic E-state index is 5.63. The molecular weight excluding hydrogens is 226 g/mol. The van der Waals surface area contributed by atoms with Crippen LogP contribution in [0.15, 0.2) is 24.3 Å². The first-order valence-corrected chi connectivity index (χ1v) is 6.82. The molecule has 1 saturated carbocycles. The smallest absolute Gasteiger partial charge is 0.123 e. The number of para-hydroxylation sites is 1. The van der Waals surface area contributed by atoms with Crippen molar-refractivity contribution in [1.29, 1.82) is 0 Å². The van der Waals surface area contributed by atoms with Gasteiger partial charge in [0.1, 0.15) is 5.75 Å². The third-order valence-corrected chi connectivity index (χ3v) is 3.58. The van der Waals surface area contributed by atoms with Crippen LogP contribution in [-0.2, 0) is 11.3 Å². The molecule has 3 heteroatoms. The van der Waals surface area contributed by atoms with Crippen LogP contribution in [0.2, 0.25) is 0 Å². The number of hydrogen-bond acceptors (Lipinski definition) is 3. The van der Waals surface area contributed by atoms with E-state index >= 15 is 0 Å². The summed E-state index contributed by atoms with van der Waals surface area (Å²) in [5, 5.41) is 3.59. The predicted molar refractivity (Wildman–Crippen MR) is 72.9 cm³/mol. The lowest BCUT2D eigenvalue weighted by atomic mass is 10.1. The maximum Gasteiger partial charge on any atom is 0.123 e. The van der Waals surface area contributed by atoms with Crippen LogP contribution in [0.5, 0.6) is 5.75 Å². The minimum atomic E-state index is 0.365. The maximum atomic E-state index is 5.63. The van der Waals surface area contributed by atoms with Crippen molar-refractivity contribution < 1.29 is 9.47 Å². The highest BCUT2D eigenvalue weighted by Crippen LogP contribution is 2.23. The number of benzene rings is 1. The Kier molecular flexibility index (Phi) is 5.02. The number of nitrogens with one attached hydrogen (secondary N) is 1. The van der Waals surface area contributed by atoms with Crippen molar-refractivity contribution in [3.63, 3.8) is 0 Å². The Hall–Kier alpha value is -1.06. The Bertz CT molecular complexity index is 367.